The molecular formula is C13H18N2O5. The molecule has 0 saturated carbocycles. The molecule has 0 radical (unpaired) electrons. The Hall–Kier alpha value is -2.44. The van der Waals surface area contributed by atoms with Crippen molar-refractivity contribution in [2.75, 3.05) is 33.9 Å². The minimum absolute atomic E-state index is 0.130. The fraction of sp³-hybridized carbons (Fsp3) is 0.385. The number of amides is 2. The van der Waals surface area contributed by atoms with Crippen molar-refractivity contribution in [1.82, 2.24) is 10.6 Å². The van der Waals surface area contributed by atoms with Crippen molar-refractivity contribution in [2.45, 2.75) is 0 Å². The van der Waals surface area contributed by atoms with E-state index in [-0.39, 0.29) is 12.5 Å². The molecule has 0 aliphatic rings. The summed E-state index contributed by atoms with van der Waals surface area (Å²) in [5.74, 6) is 1.13. The van der Waals surface area contributed by atoms with E-state index >= 15 is 0 Å². The van der Waals surface area contributed by atoms with Gasteiger partial charge < -0.3 is 24.8 Å². The molecule has 1 aromatic rings. The van der Waals surface area contributed by atoms with Gasteiger partial charge in [0, 0.05) is 0 Å². The maximum absolute atomic E-state index is 11.3. The summed E-state index contributed by atoms with van der Waals surface area (Å²) in [7, 11) is 2.82. The first-order valence-electron chi connectivity index (χ1n) is 6.01. The topological polar surface area (TPSA) is 85.9 Å². The van der Waals surface area contributed by atoms with Crippen LogP contribution in [0.15, 0.2) is 24.3 Å². The summed E-state index contributed by atoms with van der Waals surface area (Å²) >= 11 is 0. The molecule has 0 heterocycles. The molecule has 0 spiro atoms. The summed E-state index contributed by atoms with van der Waals surface area (Å²) in [5.41, 5.74) is 0. The van der Waals surface area contributed by atoms with Crippen molar-refractivity contribution in [1.29, 1.82) is 0 Å². The highest BCUT2D eigenvalue weighted by atomic mass is 16.5. The monoisotopic (exact) mass is 282 g/mol. The third-order valence-corrected chi connectivity index (χ3v) is 2.33. The fourth-order valence-corrected chi connectivity index (χ4v) is 1.32. The largest absolute Gasteiger partial charge is 0.497 e. The second-order valence-electron chi connectivity index (χ2n) is 3.72. The summed E-state index contributed by atoms with van der Waals surface area (Å²) in [5, 5.41) is 4.87. The summed E-state index contributed by atoms with van der Waals surface area (Å²) in [6.45, 7) is 0.541. The Morgan fingerprint density at radius 2 is 1.70 bits per heavy atom. The second kappa shape index (κ2) is 8.63. The average molecular weight is 282 g/mol. The number of rotatable bonds is 7. The molecule has 1 aromatic carbocycles. The quantitative estimate of drug-likeness (QED) is 0.713. The highest BCUT2D eigenvalue weighted by molar-refractivity contribution is 5.81. The number of nitrogens with one attached hydrogen (secondary N) is 2. The lowest BCUT2D eigenvalue weighted by Crippen LogP contribution is -2.38. The van der Waals surface area contributed by atoms with Crippen molar-refractivity contribution in [3.63, 3.8) is 0 Å². The van der Waals surface area contributed by atoms with Crippen LogP contribution in [0.2, 0.25) is 0 Å². The highest BCUT2D eigenvalue weighted by Gasteiger charge is 2.04. The zero-order valence-electron chi connectivity index (χ0n) is 11.5. The first-order valence-corrected chi connectivity index (χ1v) is 6.01. The van der Waals surface area contributed by atoms with Gasteiger partial charge in [0.25, 0.3) is 0 Å². The first kappa shape index (κ1) is 15.6. The van der Waals surface area contributed by atoms with Crippen LogP contribution in [-0.4, -0.2) is 45.9 Å². The molecule has 0 aliphatic carbocycles. The average Bonchev–Trinajstić information content (AvgIpc) is 2.49. The number of hydrogen-bond donors (Lipinski definition) is 2. The van der Waals surface area contributed by atoms with Gasteiger partial charge in [-0.3, -0.25) is 4.79 Å². The van der Waals surface area contributed by atoms with Gasteiger partial charge in [0.2, 0.25) is 5.91 Å². The first-order chi connectivity index (χ1) is 9.65. The molecule has 0 atom stereocenters. The lowest BCUT2D eigenvalue weighted by molar-refractivity contribution is -0.120. The molecule has 0 fully saturated rings. The Labute approximate surface area is 117 Å². The third-order valence-electron chi connectivity index (χ3n) is 2.33. The standard InChI is InChI=1S/C13H18N2O5/c1-18-10-3-5-11(6-4-10)20-8-7-14-12(16)9-15-13(17)19-2/h3-6H,7-9H2,1-2H3,(H,14,16)(H,15,17). The van der Waals surface area contributed by atoms with Crippen LogP contribution in [0.4, 0.5) is 4.79 Å². The molecule has 0 aromatic heterocycles. The van der Waals surface area contributed by atoms with E-state index in [0.717, 1.165) is 5.75 Å². The number of methoxy groups -OCH3 is 2. The molecule has 0 aliphatic heterocycles. The van der Waals surface area contributed by atoms with E-state index in [0.29, 0.717) is 18.9 Å². The van der Waals surface area contributed by atoms with Gasteiger partial charge in [-0.05, 0) is 24.3 Å². The van der Waals surface area contributed by atoms with Gasteiger partial charge in [0.15, 0.2) is 0 Å². The molecule has 0 bridgehead atoms. The van der Waals surface area contributed by atoms with Crippen LogP contribution in [0.3, 0.4) is 0 Å². The second-order valence-corrected chi connectivity index (χ2v) is 3.72. The summed E-state index contributed by atoms with van der Waals surface area (Å²) in [6, 6.07) is 7.13. The Morgan fingerprint density at radius 1 is 1.05 bits per heavy atom. The van der Waals surface area contributed by atoms with Crippen LogP contribution in [0, 0.1) is 0 Å². The third kappa shape index (κ3) is 5.94. The Kier molecular flexibility index (Phi) is 6.74. The molecule has 1 rings (SSSR count). The molecule has 2 N–H and O–H groups in total. The molecule has 7 heteroatoms. The van der Waals surface area contributed by atoms with Crippen molar-refractivity contribution < 1.29 is 23.8 Å². The number of hydrogen-bond acceptors (Lipinski definition) is 5. The van der Waals surface area contributed by atoms with E-state index in [4.69, 9.17) is 9.47 Å². The fourth-order valence-electron chi connectivity index (χ4n) is 1.32. The van der Waals surface area contributed by atoms with Crippen LogP contribution in [0.1, 0.15) is 0 Å². The predicted molar refractivity (Wildman–Crippen MR) is 71.9 cm³/mol. The minimum atomic E-state index is -0.644. The SMILES string of the molecule is COC(=O)NCC(=O)NCCOc1ccc(OC)cc1. The van der Waals surface area contributed by atoms with E-state index in [1.54, 1.807) is 31.4 Å². The van der Waals surface area contributed by atoms with E-state index in [9.17, 15) is 9.59 Å². The molecular weight excluding hydrogens is 264 g/mol. The molecule has 0 unspecified atom stereocenters. The molecule has 2 amide bonds. The van der Waals surface area contributed by atoms with Crippen LogP contribution in [0.25, 0.3) is 0 Å². The number of benzene rings is 1. The number of ether oxygens (including phenoxy) is 3. The van der Waals surface area contributed by atoms with E-state index in [1.165, 1.54) is 7.11 Å². The normalized spacial score (nSPS) is 9.50. The lowest BCUT2D eigenvalue weighted by atomic mass is 10.3. The zero-order chi connectivity index (χ0) is 14.8. The maximum atomic E-state index is 11.3. The van der Waals surface area contributed by atoms with Crippen molar-refractivity contribution in [2.24, 2.45) is 0 Å². The van der Waals surface area contributed by atoms with Gasteiger partial charge >= 0.3 is 6.09 Å². The minimum Gasteiger partial charge on any atom is -0.497 e. The van der Waals surface area contributed by atoms with Gasteiger partial charge in [-0.1, -0.05) is 0 Å². The van der Waals surface area contributed by atoms with Crippen molar-refractivity contribution in [3.05, 3.63) is 24.3 Å². The Morgan fingerprint density at radius 3 is 2.30 bits per heavy atom. The molecule has 110 valence electrons. The molecule has 7 nitrogen and oxygen atoms in total. The van der Waals surface area contributed by atoms with E-state index in [2.05, 4.69) is 15.4 Å². The predicted octanol–water partition coefficient (Wildman–Crippen LogP) is 0.546. The summed E-state index contributed by atoms with van der Waals surface area (Å²) in [4.78, 5) is 22.0. The maximum Gasteiger partial charge on any atom is 0.407 e. The zero-order valence-corrected chi connectivity index (χ0v) is 11.5. The van der Waals surface area contributed by atoms with Crippen LogP contribution >= 0.6 is 0 Å². The van der Waals surface area contributed by atoms with Crippen molar-refractivity contribution >= 4 is 12.0 Å². The summed E-state index contributed by atoms with van der Waals surface area (Å²) in [6.07, 6.45) is -0.644. The van der Waals surface area contributed by atoms with Crippen LogP contribution < -0.4 is 20.1 Å². The van der Waals surface area contributed by atoms with Gasteiger partial charge in [-0.25, -0.2) is 4.79 Å². The van der Waals surface area contributed by atoms with Crippen LogP contribution in [-0.2, 0) is 9.53 Å². The number of alkyl carbamates (subject to hydrolysis) is 1. The van der Waals surface area contributed by atoms with Gasteiger partial charge in [0.05, 0.1) is 27.3 Å². The van der Waals surface area contributed by atoms with E-state index < -0.39 is 6.09 Å². The molecule has 20 heavy (non-hydrogen) atoms. The highest BCUT2D eigenvalue weighted by Crippen LogP contribution is 2.16. The Bertz CT molecular complexity index is 433. The number of carbonyl (C=O) groups is 2. The van der Waals surface area contributed by atoms with Gasteiger partial charge in [0.1, 0.15) is 18.1 Å². The van der Waals surface area contributed by atoms with E-state index in [1.807, 2.05) is 0 Å². The lowest BCUT2D eigenvalue weighted by Gasteiger charge is -2.08. The molecule has 0 saturated heterocycles. The Balaban J connectivity index is 2.14. The number of carbonyl (C=O) groups excluding carboxylic acids is 2. The smallest absolute Gasteiger partial charge is 0.407 e. The summed E-state index contributed by atoms with van der Waals surface area (Å²) < 4.78 is 14.8. The van der Waals surface area contributed by atoms with Gasteiger partial charge in [-0.15, -0.1) is 0 Å². The van der Waals surface area contributed by atoms with Gasteiger partial charge in [-0.2, -0.15) is 0 Å². The van der Waals surface area contributed by atoms with Crippen molar-refractivity contribution in [3.8, 4) is 11.5 Å². The van der Waals surface area contributed by atoms with Crippen LogP contribution in [0.5, 0.6) is 11.5 Å².